The highest BCUT2D eigenvalue weighted by Crippen LogP contribution is 2.30. The van der Waals surface area contributed by atoms with Gasteiger partial charge in [0, 0.05) is 24.3 Å². The monoisotopic (exact) mass is 309 g/mol. The number of nitrogens with one attached hydrogen (secondary N) is 2. The predicted molar refractivity (Wildman–Crippen MR) is 91.7 cm³/mol. The first-order valence-electron chi connectivity index (χ1n) is 8.22. The fraction of sp³-hybridized carbons (Fsp3) is 0.706. The molecule has 0 radical (unpaired) electrons. The quantitative estimate of drug-likeness (QED) is 0.839. The van der Waals surface area contributed by atoms with Crippen LogP contribution in [0.3, 0.4) is 0 Å². The van der Waals surface area contributed by atoms with E-state index < -0.39 is 0 Å². The highest BCUT2D eigenvalue weighted by molar-refractivity contribution is 5.91. The van der Waals surface area contributed by atoms with Gasteiger partial charge in [-0.3, -0.25) is 0 Å². The molecule has 5 heteroatoms. The van der Waals surface area contributed by atoms with Gasteiger partial charge < -0.3 is 19.9 Å². The van der Waals surface area contributed by atoms with E-state index in [9.17, 15) is 4.79 Å². The molecule has 5 nitrogen and oxygen atoms in total. The number of ether oxygens (including phenoxy) is 1. The summed E-state index contributed by atoms with van der Waals surface area (Å²) in [6.07, 6.45) is 8.44. The Bertz CT molecular complexity index is 451. The zero-order valence-corrected chi connectivity index (χ0v) is 14.7. The van der Waals surface area contributed by atoms with Gasteiger partial charge in [-0.2, -0.15) is 0 Å². The maximum absolute atomic E-state index is 11.7. The van der Waals surface area contributed by atoms with Gasteiger partial charge in [0.15, 0.2) is 0 Å². The summed E-state index contributed by atoms with van der Waals surface area (Å²) >= 11 is 0. The fourth-order valence-corrected chi connectivity index (χ4v) is 3.12. The van der Waals surface area contributed by atoms with Crippen LogP contribution in [0.4, 0.5) is 5.69 Å². The molecule has 0 unspecified atom stereocenters. The predicted octanol–water partition coefficient (Wildman–Crippen LogP) is 3.10. The largest absolute Gasteiger partial charge is 0.464 e. The topological polar surface area (TPSA) is 57.4 Å². The minimum atomic E-state index is -0.288. The first-order chi connectivity index (χ1) is 10.6. The van der Waals surface area contributed by atoms with Crippen LogP contribution < -0.4 is 10.2 Å². The number of esters is 1. The van der Waals surface area contributed by atoms with Gasteiger partial charge >= 0.3 is 5.97 Å². The molecular formula is C17H31N3O2. The number of aromatic nitrogens is 1. The number of carbonyl (C=O) groups excluding carboxylic acids is 1. The number of H-pyrrole nitrogens is 1. The number of carbonyl (C=O) groups is 1. The third-order valence-electron chi connectivity index (χ3n) is 4.17. The molecule has 0 aromatic carbocycles. The van der Waals surface area contributed by atoms with Crippen molar-refractivity contribution in [1.29, 1.82) is 0 Å². The number of hydrogen-bond donors (Lipinski definition) is 2. The van der Waals surface area contributed by atoms with E-state index in [0.29, 0.717) is 11.7 Å². The van der Waals surface area contributed by atoms with Crippen LogP contribution in [-0.4, -0.2) is 44.7 Å². The Balaban J connectivity index is 0.000000745. The molecule has 0 aliphatic heterocycles. The van der Waals surface area contributed by atoms with E-state index in [1.807, 2.05) is 27.2 Å². The molecule has 126 valence electrons. The third kappa shape index (κ3) is 4.50. The van der Waals surface area contributed by atoms with Gasteiger partial charge in [-0.05, 0) is 40.8 Å². The maximum atomic E-state index is 11.7. The average molecular weight is 309 g/mol. The van der Waals surface area contributed by atoms with Crippen molar-refractivity contribution < 1.29 is 9.53 Å². The van der Waals surface area contributed by atoms with E-state index in [4.69, 9.17) is 4.74 Å². The zero-order valence-electron chi connectivity index (χ0n) is 14.7. The summed E-state index contributed by atoms with van der Waals surface area (Å²) < 4.78 is 4.80. The van der Waals surface area contributed by atoms with E-state index in [1.54, 1.807) is 0 Å². The molecule has 0 atom stereocenters. The molecule has 0 bridgehead atoms. The van der Waals surface area contributed by atoms with Crippen LogP contribution in [0.25, 0.3) is 0 Å². The van der Waals surface area contributed by atoms with Gasteiger partial charge in [-0.25, -0.2) is 4.79 Å². The summed E-state index contributed by atoms with van der Waals surface area (Å²) in [4.78, 5) is 17.2. The van der Waals surface area contributed by atoms with Crippen LogP contribution in [0.1, 0.15) is 55.1 Å². The molecule has 0 amide bonds. The molecule has 2 N–H and O–H groups in total. The molecule has 1 fully saturated rings. The first kappa shape index (κ1) is 18.6. The van der Waals surface area contributed by atoms with Crippen molar-refractivity contribution in [2.75, 3.05) is 32.6 Å². The van der Waals surface area contributed by atoms with Crippen molar-refractivity contribution in [2.45, 2.75) is 52.0 Å². The summed E-state index contributed by atoms with van der Waals surface area (Å²) in [6.45, 7) is 5.15. The van der Waals surface area contributed by atoms with Crippen molar-refractivity contribution in [3.63, 3.8) is 0 Å². The summed E-state index contributed by atoms with van der Waals surface area (Å²) in [5.74, 6) is -0.288. The smallest absolute Gasteiger partial charge is 0.354 e. The molecule has 1 saturated carbocycles. The minimum absolute atomic E-state index is 0.288. The molecule has 1 aromatic heterocycles. The summed E-state index contributed by atoms with van der Waals surface area (Å²) in [5, 5.41) is 2.75. The molecule has 0 saturated heterocycles. The number of methoxy groups -OCH3 is 1. The SMILES string of the molecule is CCN(c1c[nH]c(C(=O)OC)c1C)C1CCCCC1.CNC. The average Bonchev–Trinajstić information content (AvgIpc) is 2.91. The molecule has 22 heavy (non-hydrogen) atoms. The van der Waals surface area contributed by atoms with Crippen molar-refractivity contribution in [3.8, 4) is 0 Å². The maximum Gasteiger partial charge on any atom is 0.354 e. The Morgan fingerprint density at radius 1 is 1.36 bits per heavy atom. The molecule has 0 spiro atoms. The number of anilines is 1. The lowest BCUT2D eigenvalue weighted by atomic mass is 9.93. The Morgan fingerprint density at radius 2 is 1.95 bits per heavy atom. The summed E-state index contributed by atoms with van der Waals surface area (Å²) in [5.41, 5.74) is 2.72. The Morgan fingerprint density at radius 3 is 2.45 bits per heavy atom. The third-order valence-corrected chi connectivity index (χ3v) is 4.17. The molecule has 2 rings (SSSR count). The summed E-state index contributed by atoms with van der Waals surface area (Å²) in [6, 6.07) is 0.610. The number of nitrogens with zero attached hydrogens (tertiary/aromatic N) is 1. The zero-order chi connectivity index (χ0) is 16.5. The van der Waals surface area contributed by atoms with Crippen molar-refractivity contribution in [3.05, 3.63) is 17.5 Å². The van der Waals surface area contributed by atoms with Crippen LogP contribution in [-0.2, 0) is 4.74 Å². The molecule has 1 aliphatic carbocycles. The first-order valence-corrected chi connectivity index (χ1v) is 8.22. The highest BCUT2D eigenvalue weighted by Gasteiger charge is 2.24. The highest BCUT2D eigenvalue weighted by atomic mass is 16.5. The van der Waals surface area contributed by atoms with Crippen LogP contribution in [0.5, 0.6) is 0 Å². The second-order valence-electron chi connectivity index (χ2n) is 5.74. The van der Waals surface area contributed by atoms with Crippen LogP contribution in [0, 0.1) is 6.92 Å². The molecule has 1 aliphatic rings. The van der Waals surface area contributed by atoms with Gasteiger partial charge in [0.05, 0.1) is 12.8 Å². The van der Waals surface area contributed by atoms with Gasteiger partial charge in [0.1, 0.15) is 5.69 Å². The van der Waals surface area contributed by atoms with Crippen molar-refractivity contribution in [1.82, 2.24) is 10.3 Å². The Labute approximate surface area is 134 Å². The van der Waals surface area contributed by atoms with E-state index in [1.165, 1.54) is 39.2 Å². The van der Waals surface area contributed by atoms with Gasteiger partial charge in [-0.15, -0.1) is 0 Å². The lowest BCUT2D eigenvalue weighted by molar-refractivity contribution is 0.0594. The number of hydrogen-bond acceptors (Lipinski definition) is 4. The molecule has 1 aromatic rings. The van der Waals surface area contributed by atoms with Crippen molar-refractivity contribution in [2.24, 2.45) is 0 Å². The second kappa shape index (κ2) is 9.51. The van der Waals surface area contributed by atoms with E-state index >= 15 is 0 Å². The minimum Gasteiger partial charge on any atom is -0.464 e. The van der Waals surface area contributed by atoms with Gasteiger partial charge in [-0.1, -0.05) is 19.3 Å². The second-order valence-corrected chi connectivity index (χ2v) is 5.74. The standard InChI is InChI=1S/C15H24N2O2.C2H7N/c1-4-17(12-8-6-5-7-9-12)13-10-16-14(11(13)2)15(18)19-3;1-3-2/h10,12,16H,4-9H2,1-3H3;3H,1-2H3. The van der Waals surface area contributed by atoms with Gasteiger partial charge in [0.2, 0.25) is 0 Å². The van der Waals surface area contributed by atoms with Crippen LogP contribution >= 0.6 is 0 Å². The van der Waals surface area contributed by atoms with E-state index in [-0.39, 0.29) is 5.97 Å². The number of aromatic amines is 1. The normalized spacial score (nSPS) is 15.0. The Kier molecular flexibility index (Phi) is 8.02. The van der Waals surface area contributed by atoms with E-state index in [0.717, 1.165) is 17.8 Å². The Hall–Kier alpha value is -1.49. The van der Waals surface area contributed by atoms with Gasteiger partial charge in [0.25, 0.3) is 0 Å². The van der Waals surface area contributed by atoms with Crippen LogP contribution in [0.2, 0.25) is 0 Å². The summed E-state index contributed by atoms with van der Waals surface area (Å²) in [7, 11) is 5.17. The van der Waals surface area contributed by atoms with Crippen molar-refractivity contribution >= 4 is 11.7 Å². The molecule has 1 heterocycles. The fourth-order valence-electron chi connectivity index (χ4n) is 3.12. The van der Waals surface area contributed by atoms with E-state index in [2.05, 4.69) is 22.1 Å². The molecular weight excluding hydrogens is 278 g/mol. The van der Waals surface area contributed by atoms with Crippen LogP contribution in [0.15, 0.2) is 6.20 Å². The lowest BCUT2D eigenvalue weighted by Crippen LogP contribution is -2.36. The lowest BCUT2D eigenvalue weighted by Gasteiger charge is -2.35. The number of rotatable bonds is 4.